The fourth-order valence-corrected chi connectivity index (χ4v) is 4.08. The third-order valence-corrected chi connectivity index (χ3v) is 5.46. The lowest BCUT2D eigenvalue weighted by Crippen LogP contribution is -2.38. The molecule has 1 aromatic carbocycles. The van der Waals surface area contributed by atoms with Crippen molar-refractivity contribution in [2.24, 2.45) is 5.92 Å². The summed E-state index contributed by atoms with van der Waals surface area (Å²) in [5.41, 5.74) is 0.975. The number of likely N-dealkylation sites (tertiary alicyclic amines) is 2. The van der Waals surface area contributed by atoms with Crippen LogP contribution in [0.15, 0.2) is 18.2 Å². The molecule has 2 aliphatic heterocycles. The minimum Gasteiger partial charge on any atom is -0.497 e. The van der Waals surface area contributed by atoms with E-state index in [4.69, 9.17) is 9.47 Å². The molecule has 2 heterocycles. The molecular formula is C20H28N2O4. The van der Waals surface area contributed by atoms with E-state index in [1.807, 2.05) is 36.9 Å². The van der Waals surface area contributed by atoms with E-state index in [2.05, 4.69) is 0 Å². The Balaban J connectivity index is 1.83. The van der Waals surface area contributed by atoms with Gasteiger partial charge in [0.05, 0.1) is 26.2 Å². The number of hydrogen-bond donors (Lipinski definition) is 0. The van der Waals surface area contributed by atoms with Crippen LogP contribution in [0.3, 0.4) is 0 Å². The molecule has 6 heteroatoms. The van der Waals surface area contributed by atoms with Gasteiger partial charge in [0.2, 0.25) is 11.8 Å². The van der Waals surface area contributed by atoms with Gasteiger partial charge >= 0.3 is 0 Å². The van der Waals surface area contributed by atoms with Crippen molar-refractivity contribution < 1.29 is 19.1 Å². The lowest BCUT2D eigenvalue weighted by molar-refractivity contribution is -0.136. The first kappa shape index (κ1) is 18.5. The van der Waals surface area contributed by atoms with Crippen molar-refractivity contribution in [1.82, 2.24) is 9.80 Å². The molecule has 6 nitrogen and oxygen atoms in total. The first-order chi connectivity index (χ1) is 12.5. The molecule has 2 aliphatic rings. The summed E-state index contributed by atoms with van der Waals surface area (Å²) in [6, 6.07) is 5.80. The molecule has 2 amide bonds. The van der Waals surface area contributed by atoms with Gasteiger partial charge in [-0.1, -0.05) is 0 Å². The van der Waals surface area contributed by atoms with Gasteiger partial charge in [-0.3, -0.25) is 9.59 Å². The average Bonchev–Trinajstić information content (AvgIpc) is 3.27. The number of hydrogen-bond acceptors (Lipinski definition) is 4. The maximum Gasteiger partial charge on any atom is 0.228 e. The molecule has 0 radical (unpaired) electrons. The number of rotatable bonds is 5. The number of carbonyl (C=O) groups excluding carboxylic acids is 2. The van der Waals surface area contributed by atoms with Crippen LogP contribution in [0.1, 0.15) is 44.7 Å². The highest BCUT2D eigenvalue weighted by molar-refractivity contribution is 5.89. The standard InChI is InChI=1S/C20H28N2O4/c1-13(2)22-12-14(10-19(22)23)20(24)21-9-5-6-17(21)16-11-15(25-3)7-8-18(16)26-4/h7-8,11,13-14,17H,5-6,9-10,12H2,1-4H3. The number of methoxy groups -OCH3 is 2. The molecule has 0 aliphatic carbocycles. The van der Waals surface area contributed by atoms with Gasteiger partial charge in [-0.2, -0.15) is 0 Å². The van der Waals surface area contributed by atoms with E-state index in [-0.39, 0.29) is 29.8 Å². The van der Waals surface area contributed by atoms with Gasteiger partial charge in [0.25, 0.3) is 0 Å². The summed E-state index contributed by atoms with van der Waals surface area (Å²) < 4.78 is 10.9. The molecule has 2 unspecified atom stereocenters. The SMILES string of the molecule is COc1ccc(OC)c(C2CCCN2C(=O)C2CC(=O)N(C(C)C)C2)c1. The zero-order valence-electron chi connectivity index (χ0n) is 16.0. The molecular weight excluding hydrogens is 332 g/mol. The van der Waals surface area contributed by atoms with Crippen molar-refractivity contribution in [1.29, 1.82) is 0 Å². The van der Waals surface area contributed by atoms with E-state index in [0.29, 0.717) is 13.0 Å². The van der Waals surface area contributed by atoms with Gasteiger partial charge < -0.3 is 19.3 Å². The molecule has 1 aromatic rings. The first-order valence-corrected chi connectivity index (χ1v) is 9.28. The Hall–Kier alpha value is -2.24. The molecule has 0 N–H and O–H groups in total. The monoisotopic (exact) mass is 360 g/mol. The Morgan fingerprint density at radius 1 is 1.23 bits per heavy atom. The van der Waals surface area contributed by atoms with Crippen LogP contribution in [0.25, 0.3) is 0 Å². The summed E-state index contributed by atoms with van der Waals surface area (Å²) in [6.45, 7) is 5.22. The quantitative estimate of drug-likeness (QED) is 0.810. The second kappa shape index (κ2) is 7.56. The molecule has 26 heavy (non-hydrogen) atoms. The third-order valence-electron chi connectivity index (χ3n) is 5.46. The number of carbonyl (C=O) groups is 2. The highest BCUT2D eigenvalue weighted by Crippen LogP contribution is 2.40. The van der Waals surface area contributed by atoms with Crippen molar-refractivity contribution in [2.75, 3.05) is 27.3 Å². The van der Waals surface area contributed by atoms with Gasteiger partial charge in [0.15, 0.2) is 0 Å². The van der Waals surface area contributed by atoms with Crippen LogP contribution >= 0.6 is 0 Å². The fraction of sp³-hybridized carbons (Fsp3) is 0.600. The Labute approximate surface area is 155 Å². The Morgan fingerprint density at radius 2 is 2.00 bits per heavy atom. The second-order valence-corrected chi connectivity index (χ2v) is 7.34. The lowest BCUT2D eigenvalue weighted by atomic mass is 10.0. The molecule has 2 atom stereocenters. The van der Waals surface area contributed by atoms with E-state index in [9.17, 15) is 9.59 Å². The first-order valence-electron chi connectivity index (χ1n) is 9.28. The maximum absolute atomic E-state index is 13.2. The summed E-state index contributed by atoms with van der Waals surface area (Å²) in [4.78, 5) is 29.1. The van der Waals surface area contributed by atoms with E-state index in [1.165, 1.54) is 0 Å². The largest absolute Gasteiger partial charge is 0.497 e. The summed E-state index contributed by atoms with van der Waals surface area (Å²) in [5.74, 6) is 1.42. The topological polar surface area (TPSA) is 59.1 Å². The van der Waals surface area contributed by atoms with Gasteiger partial charge in [0, 0.05) is 31.1 Å². The zero-order valence-corrected chi connectivity index (χ0v) is 16.0. The van der Waals surface area contributed by atoms with Gasteiger partial charge in [0.1, 0.15) is 11.5 Å². The highest BCUT2D eigenvalue weighted by atomic mass is 16.5. The molecule has 0 spiro atoms. The van der Waals surface area contributed by atoms with Gasteiger partial charge in [-0.05, 0) is 44.9 Å². The van der Waals surface area contributed by atoms with Crippen LogP contribution in [0.5, 0.6) is 11.5 Å². The smallest absolute Gasteiger partial charge is 0.228 e. The van der Waals surface area contributed by atoms with Crippen molar-refractivity contribution in [3.05, 3.63) is 23.8 Å². The van der Waals surface area contributed by atoms with Crippen molar-refractivity contribution in [2.45, 2.75) is 45.2 Å². The predicted molar refractivity (Wildman–Crippen MR) is 98.2 cm³/mol. The fourth-order valence-electron chi connectivity index (χ4n) is 4.08. The molecule has 2 saturated heterocycles. The normalized spacial score (nSPS) is 23.0. The van der Waals surface area contributed by atoms with Crippen LogP contribution in [0, 0.1) is 5.92 Å². The van der Waals surface area contributed by atoms with E-state index >= 15 is 0 Å². The minimum absolute atomic E-state index is 0.0317. The minimum atomic E-state index is -0.248. The summed E-state index contributed by atoms with van der Waals surface area (Å²) >= 11 is 0. The highest BCUT2D eigenvalue weighted by Gasteiger charge is 2.41. The number of benzene rings is 1. The molecule has 2 fully saturated rings. The van der Waals surface area contributed by atoms with Gasteiger partial charge in [-0.15, -0.1) is 0 Å². The van der Waals surface area contributed by atoms with Gasteiger partial charge in [-0.25, -0.2) is 0 Å². The van der Waals surface area contributed by atoms with Crippen LogP contribution in [-0.2, 0) is 9.59 Å². The predicted octanol–water partition coefficient (Wildman–Crippen LogP) is 2.62. The molecule has 0 saturated carbocycles. The van der Waals surface area contributed by atoms with Crippen LogP contribution in [0.4, 0.5) is 0 Å². The van der Waals surface area contributed by atoms with Crippen LogP contribution in [-0.4, -0.2) is 55.0 Å². The Morgan fingerprint density at radius 3 is 2.62 bits per heavy atom. The Kier molecular flexibility index (Phi) is 5.39. The van der Waals surface area contributed by atoms with E-state index in [0.717, 1.165) is 36.4 Å². The lowest BCUT2D eigenvalue weighted by Gasteiger charge is -2.29. The molecule has 0 aromatic heterocycles. The average molecular weight is 360 g/mol. The zero-order chi connectivity index (χ0) is 18.8. The van der Waals surface area contributed by atoms with Crippen molar-refractivity contribution in [3.8, 4) is 11.5 Å². The number of ether oxygens (including phenoxy) is 2. The Bertz CT molecular complexity index is 688. The van der Waals surface area contributed by atoms with E-state index in [1.54, 1.807) is 19.1 Å². The molecule has 3 rings (SSSR count). The summed E-state index contributed by atoms with van der Waals surface area (Å²) in [6.07, 6.45) is 2.16. The second-order valence-electron chi connectivity index (χ2n) is 7.34. The van der Waals surface area contributed by atoms with Crippen molar-refractivity contribution in [3.63, 3.8) is 0 Å². The van der Waals surface area contributed by atoms with Crippen LogP contribution in [0.2, 0.25) is 0 Å². The summed E-state index contributed by atoms with van der Waals surface area (Å²) in [7, 11) is 3.27. The number of nitrogens with zero attached hydrogens (tertiary/aromatic N) is 2. The van der Waals surface area contributed by atoms with Crippen molar-refractivity contribution >= 4 is 11.8 Å². The third kappa shape index (κ3) is 3.37. The van der Waals surface area contributed by atoms with Crippen LogP contribution < -0.4 is 9.47 Å². The number of amides is 2. The maximum atomic E-state index is 13.2. The van der Waals surface area contributed by atoms with E-state index < -0.39 is 0 Å². The summed E-state index contributed by atoms with van der Waals surface area (Å²) in [5, 5.41) is 0. The molecule has 142 valence electrons. The molecule has 0 bridgehead atoms.